The normalized spacial score (nSPS) is 11.6. The molecule has 0 spiro atoms. The molecule has 0 aliphatic carbocycles. The van der Waals surface area contributed by atoms with Gasteiger partial charge >= 0.3 is 0 Å². The van der Waals surface area contributed by atoms with Gasteiger partial charge in [-0.25, -0.2) is 15.0 Å². The van der Waals surface area contributed by atoms with Crippen LogP contribution in [-0.4, -0.2) is 24.3 Å². The molecule has 0 N–H and O–H groups in total. The Labute approximate surface area is 259 Å². The predicted octanol–water partition coefficient (Wildman–Crippen LogP) is 9.65. The van der Waals surface area contributed by atoms with Crippen molar-refractivity contribution in [1.29, 1.82) is 0 Å². The maximum absolute atomic E-state index is 5.22. The average molecular weight is 576 g/mol. The van der Waals surface area contributed by atoms with E-state index < -0.39 is 0 Å². The topological polar surface area (TPSA) is 56.0 Å². The first-order valence-corrected chi connectivity index (χ1v) is 15.0. The van der Waals surface area contributed by atoms with Crippen LogP contribution in [-0.2, 0) is 0 Å². The van der Waals surface area contributed by atoms with Crippen LogP contribution in [0.4, 0.5) is 0 Å². The highest BCUT2D eigenvalue weighted by atomic mass is 15.0. The van der Waals surface area contributed by atoms with Gasteiger partial charge in [0.1, 0.15) is 11.3 Å². The molecule has 5 heterocycles. The van der Waals surface area contributed by atoms with Crippen molar-refractivity contribution >= 4 is 38.2 Å². The number of hydrogen-bond donors (Lipinski definition) is 0. The number of hydrogen-bond acceptors (Lipinski definition) is 4. The van der Waals surface area contributed by atoms with E-state index in [1.807, 2.05) is 48.7 Å². The third-order valence-corrected chi connectivity index (χ3v) is 8.45. The number of rotatable bonds is 4. The quantitative estimate of drug-likeness (QED) is 0.196. The number of fused-ring (bicyclic) bond motifs is 5. The molecule has 4 aromatic carbocycles. The Morgan fingerprint density at radius 3 is 1.93 bits per heavy atom. The Morgan fingerprint density at radius 1 is 0.444 bits per heavy atom. The summed E-state index contributed by atoms with van der Waals surface area (Å²) in [4.78, 5) is 20.2. The molecule has 0 unspecified atom stereocenters. The zero-order valence-corrected chi connectivity index (χ0v) is 24.2. The standard InChI is InChI=1S/C40H25N5/c1-2-10-27(11-3-1)33-20-18-28-16-17-29-19-21-34(43-37(29)36(28)42-33)30-12-8-13-31(25-30)40-39(44-35-15-6-7-24-45(35)40)38-32-14-5-4-9-26(32)22-23-41-38/h1-25H. The molecule has 5 heteroatoms. The maximum atomic E-state index is 5.22. The maximum Gasteiger partial charge on any atom is 0.138 e. The monoisotopic (exact) mass is 575 g/mol. The fourth-order valence-corrected chi connectivity index (χ4v) is 6.27. The molecule has 0 aliphatic heterocycles. The Kier molecular flexibility index (Phi) is 5.74. The summed E-state index contributed by atoms with van der Waals surface area (Å²) in [5.41, 5.74) is 10.4. The lowest BCUT2D eigenvalue weighted by Gasteiger charge is -2.11. The summed E-state index contributed by atoms with van der Waals surface area (Å²) in [6, 6.07) is 48.0. The molecule has 45 heavy (non-hydrogen) atoms. The zero-order chi connectivity index (χ0) is 29.7. The van der Waals surface area contributed by atoms with Gasteiger partial charge in [-0.15, -0.1) is 0 Å². The molecule has 0 atom stereocenters. The summed E-state index contributed by atoms with van der Waals surface area (Å²) >= 11 is 0. The molecule has 0 amide bonds. The van der Waals surface area contributed by atoms with Gasteiger partial charge in [0.05, 0.1) is 33.8 Å². The van der Waals surface area contributed by atoms with E-state index >= 15 is 0 Å². The molecule has 0 bridgehead atoms. The minimum atomic E-state index is 0.852. The first kappa shape index (κ1) is 25.3. The van der Waals surface area contributed by atoms with Crippen molar-refractivity contribution in [1.82, 2.24) is 24.3 Å². The van der Waals surface area contributed by atoms with E-state index in [0.29, 0.717) is 0 Å². The number of nitrogens with zero attached hydrogens (tertiary/aromatic N) is 5. The van der Waals surface area contributed by atoms with E-state index in [1.54, 1.807) is 0 Å². The highest BCUT2D eigenvalue weighted by molar-refractivity contribution is 6.04. The molecular weight excluding hydrogens is 550 g/mol. The summed E-state index contributed by atoms with van der Waals surface area (Å²) in [6.45, 7) is 0. The average Bonchev–Trinajstić information content (AvgIpc) is 3.51. The van der Waals surface area contributed by atoms with Gasteiger partial charge in [0, 0.05) is 45.2 Å². The van der Waals surface area contributed by atoms with Crippen LogP contribution in [0.15, 0.2) is 152 Å². The summed E-state index contributed by atoms with van der Waals surface area (Å²) in [5, 5.41) is 4.34. The third-order valence-electron chi connectivity index (χ3n) is 8.45. The van der Waals surface area contributed by atoms with Gasteiger partial charge < -0.3 is 0 Å². The smallest absolute Gasteiger partial charge is 0.138 e. The second-order valence-corrected chi connectivity index (χ2v) is 11.2. The molecule has 9 rings (SSSR count). The minimum Gasteiger partial charge on any atom is -0.299 e. The van der Waals surface area contributed by atoms with Crippen molar-refractivity contribution in [3.63, 3.8) is 0 Å². The Balaban J connectivity index is 1.22. The highest BCUT2D eigenvalue weighted by Gasteiger charge is 2.19. The van der Waals surface area contributed by atoms with E-state index in [4.69, 9.17) is 19.9 Å². The van der Waals surface area contributed by atoms with Gasteiger partial charge in [-0.2, -0.15) is 0 Å². The second kappa shape index (κ2) is 10.2. The van der Waals surface area contributed by atoms with Gasteiger partial charge in [-0.05, 0) is 41.8 Å². The van der Waals surface area contributed by atoms with Crippen molar-refractivity contribution in [3.8, 4) is 45.2 Å². The number of aromatic nitrogens is 5. The summed E-state index contributed by atoms with van der Waals surface area (Å²) in [5.74, 6) is 0. The van der Waals surface area contributed by atoms with E-state index in [0.717, 1.165) is 83.4 Å². The van der Waals surface area contributed by atoms with Gasteiger partial charge in [-0.3, -0.25) is 9.38 Å². The molecule has 9 aromatic rings. The SMILES string of the molecule is c1ccc(-c2ccc3ccc4ccc(-c5cccc(-c6c(-c7nccc8ccccc78)nc7ccccn67)c5)nc4c3n2)cc1. The Morgan fingerprint density at radius 2 is 1.11 bits per heavy atom. The number of pyridine rings is 4. The van der Waals surface area contributed by atoms with E-state index in [-0.39, 0.29) is 0 Å². The molecule has 0 saturated heterocycles. The van der Waals surface area contributed by atoms with Crippen LogP contribution in [0.2, 0.25) is 0 Å². The van der Waals surface area contributed by atoms with Crippen LogP contribution in [0.25, 0.3) is 83.4 Å². The molecule has 0 fully saturated rings. The van der Waals surface area contributed by atoms with Crippen molar-refractivity contribution in [2.45, 2.75) is 0 Å². The van der Waals surface area contributed by atoms with Gasteiger partial charge in [0.2, 0.25) is 0 Å². The van der Waals surface area contributed by atoms with E-state index in [9.17, 15) is 0 Å². The van der Waals surface area contributed by atoms with Crippen molar-refractivity contribution in [2.24, 2.45) is 0 Å². The molecule has 0 aliphatic rings. The lowest BCUT2D eigenvalue weighted by molar-refractivity contribution is 1.19. The van der Waals surface area contributed by atoms with E-state index in [1.165, 1.54) is 0 Å². The van der Waals surface area contributed by atoms with Crippen LogP contribution in [0.1, 0.15) is 0 Å². The van der Waals surface area contributed by atoms with Crippen molar-refractivity contribution in [2.75, 3.05) is 0 Å². The summed E-state index contributed by atoms with van der Waals surface area (Å²) in [6.07, 6.45) is 3.93. The van der Waals surface area contributed by atoms with Crippen molar-refractivity contribution < 1.29 is 0 Å². The van der Waals surface area contributed by atoms with Crippen LogP contribution in [0.3, 0.4) is 0 Å². The third kappa shape index (κ3) is 4.25. The van der Waals surface area contributed by atoms with Crippen LogP contribution >= 0.6 is 0 Å². The summed E-state index contributed by atoms with van der Waals surface area (Å²) < 4.78 is 2.15. The summed E-state index contributed by atoms with van der Waals surface area (Å²) in [7, 11) is 0. The molecular formula is C40H25N5. The molecule has 0 saturated carbocycles. The second-order valence-electron chi connectivity index (χ2n) is 11.2. The molecule has 5 nitrogen and oxygen atoms in total. The molecule has 5 aromatic heterocycles. The van der Waals surface area contributed by atoms with Gasteiger partial charge in [0.25, 0.3) is 0 Å². The van der Waals surface area contributed by atoms with Gasteiger partial charge in [0.15, 0.2) is 0 Å². The Hall–Kier alpha value is -6.20. The molecule has 0 radical (unpaired) electrons. The zero-order valence-electron chi connectivity index (χ0n) is 24.2. The first-order chi connectivity index (χ1) is 22.3. The van der Waals surface area contributed by atoms with Crippen LogP contribution in [0, 0.1) is 0 Å². The lowest BCUT2D eigenvalue weighted by Crippen LogP contribution is -1.93. The van der Waals surface area contributed by atoms with Crippen LogP contribution in [0.5, 0.6) is 0 Å². The van der Waals surface area contributed by atoms with Crippen molar-refractivity contribution in [3.05, 3.63) is 152 Å². The fourth-order valence-electron chi connectivity index (χ4n) is 6.27. The lowest BCUT2D eigenvalue weighted by atomic mass is 10.0. The number of imidazole rings is 1. The highest BCUT2D eigenvalue weighted by Crippen LogP contribution is 2.37. The Bertz CT molecular complexity index is 2540. The minimum absolute atomic E-state index is 0.852. The van der Waals surface area contributed by atoms with E-state index in [2.05, 4.69) is 108 Å². The number of benzene rings is 4. The van der Waals surface area contributed by atoms with Gasteiger partial charge in [-0.1, -0.05) is 103 Å². The predicted molar refractivity (Wildman–Crippen MR) is 183 cm³/mol. The largest absolute Gasteiger partial charge is 0.299 e. The molecule has 210 valence electrons. The first-order valence-electron chi connectivity index (χ1n) is 15.0. The fraction of sp³-hybridized carbons (Fsp3) is 0. The van der Waals surface area contributed by atoms with Crippen LogP contribution < -0.4 is 0 Å².